The van der Waals surface area contributed by atoms with E-state index in [1.54, 1.807) is 0 Å². The van der Waals surface area contributed by atoms with Gasteiger partial charge >= 0.3 is 78.9 Å². The molecule has 1 unspecified atom stereocenters. The Morgan fingerprint density at radius 3 is 1.38 bits per heavy atom. The molecule has 382 valence electrons. The monoisotopic (exact) mass is 1020 g/mol. The predicted molar refractivity (Wildman–Crippen MR) is 243 cm³/mol. The van der Waals surface area contributed by atoms with Crippen molar-refractivity contribution in [3.8, 4) is 0 Å². The van der Waals surface area contributed by atoms with Gasteiger partial charge < -0.3 is 49.6 Å². The number of aliphatic hydroxyl groups is 2. The predicted octanol–water partition coefficient (Wildman–Crippen LogP) is 2.48. The van der Waals surface area contributed by atoms with Crippen molar-refractivity contribution in [1.82, 2.24) is 0 Å². The molecule has 0 radical (unpaired) electrons. The van der Waals surface area contributed by atoms with Crippen LogP contribution in [-0.4, -0.2) is 78.9 Å². The Balaban J connectivity index is 0.000000284. The van der Waals surface area contributed by atoms with Crippen LogP contribution in [0.5, 0.6) is 0 Å². The minimum atomic E-state index is -4.87. The number of phosphoric acid groups is 2. The van der Waals surface area contributed by atoms with Gasteiger partial charge in [-0.05, 0) is 208 Å². The first-order valence-corrected chi connectivity index (χ1v) is 28.4. The number of carboxylic acids is 1. The molecular formula is C49H84Na2O15P2. The van der Waals surface area contributed by atoms with Crippen LogP contribution in [0.2, 0.25) is 0 Å². The van der Waals surface area contributed by atoms with E-state index in [9.17, 15) is 48.5 Å². The van der Waals surface area contributed by atoms with Crippen molar-refractivity contribution < 1.29 is 132 Å². The number of hydrogen-bond donors (Lipinski definition) is 6. The Kier molecular flexibility index (Phi) is 21.3. The molecule has 0 amide bonds. The van der Waals surface area contributed by atoms with Crippen LogP contribution in [0.4, 0.5) is 0 Å². The average molecular weight is 1020 g/mol. The number of rotatable bonds is 12. The molecule has 19 heteroatoms. The second kappa shape index (κ2) is 23.5. The van der Waals surface area contributed by atoms with Crippen LogP contribution in [0.3, 0.4) is 0 Å². The van der Waals surface area contributed by atoms with Crippen LogP contribution < -0.4 is 64.0 Å². The first-order chi connectivity index (χ1) is 30.2. The van der Waals surface area contributed by atoms with E-state index in [1.807, 2.05) is 0 Å². The van der Waals surface area contributed by atoms with Gasteiger partial charge in [0.05, 0.1) is 31.5 Å². The molecule has 7 N–H and O–H groups in total. The molecule has 0 aromatic carbocycles. The van der Waals surface area contributed by atoms with E-state index in [-0.39, 0.29) is 135 Å². The Morgan fingerprint density at radius 1 is 0.618 bits per heavy atom. The maximum absolute atomic E-state index is 12.0. The van der Waals surface area contributed by atoms with Crippen LogP contribution in [0.15, 0.2) is 0 Å². The van der Waals surface area contributed by atoms with Crippen LogP contribution in [0.25, 0.3) is 0 Å². The fourth-order valence-corrected chi connectivity index (χ4v) is 19.2. The zero-order valence-electron chi connectivity index (χ0n) is 42.7. The summed E-state index contributed by atoms with van der Waals surface area (Å²) in [6.45, 7) is 13.8. The van der Waals surface area contributed by atoms with Crippen molar-refractivity contribution in [3.05, 3.63) is 0 Å². The first-order valence-electron chi connectivity index (χ1n) is 25.3. The Bertz CT molecular complexity index is 1820. The molecule has 8 saturated carbocycles. The molecule has 8 aliphatic carbocycles. The zero-order valence-corrected chi connectivity index (χ0v) is 48.5. The number of fused-ring (bicyclic) bond motifs is 10. The minimum absolute atomic E-state index is 0. The van der Waals surface area contributed by atoms with Crippen LogP contribution in [0.1, 0.15) is 170 Å². The summed E-state index contributed by atoms with van der Waals surface area (Å²) in [6.07, 6.45) is 14.9. The van der Waals surface area contributed by atoms with Gasteiger partial charge in [-0.15, -0.1) is 0 Å². The summed E-state index contributed by atoms with van der Waals surface area (Å²) in [5.41, 5.74) is 0.264. The molecule has 0 heterocycles. The van der Waals surface area contributed by atoms with Gasteiger partial charge in [-0.25, -0.2) is 4.57 Å². The molecular weight excluding hydrogens is 936 g/mol. The number of hydrogen-bond acceptors (Lipinski definition) is 11. The first kappa shape index (κ1) is 61.6. The molecule has 21 atom stereocenters. The number of aliphatic carboxylic acids is 1. The maximum atomic E-state index is 12.0. The van der Waals surface area contributed by atoms with Crippen LogP contribution >= 0.6 is 15.6 Å². The van der Waals surface area contributed by atoms with Gasteiger partial charge in [0.15, 0.2) is 0 Å². The second-order valence-electron chi connectivity index (χ2n) is 24.0. The molecule has 15 nitrogen and oxygen atoms in total. The molecule has 8 rings (SSSR count). The van der Waals surface area contributed by atoms with E-state index < -0.39 is 33.8 Å². The molecule has 8 fully saturated rings. The van der Waals surface area contributed by atoms with E-state index in [1.165, 1.54) is 7.11 Å². The summed E-state index contributed by atoms with van der Waals surface area (Å²) in [7, 11) is -8.05. The van der Waals surface area contributed by atoms with Crippen molar-refractivity contribution >= 4 is 27.6 Å². The topological polar surface area (TPSA) is 270 Å². The summed E-state index contributed by atoms with van der Waals surface area (Å²) in [4.78, 5) is 63.8. The normalized spacial score (nSPS) is 45.3. The molecule has 0 saturated heterocycles. The van der Waals surface area contributed by atoms with Crippen molar-refractivity contribution in [2.75, 3.05) is 7.11 Å². The number of esters is 1. The number of aliphatic hydroxyl groups excluding tert-OH is 2. The standard InChI is InChI=1S/C25H43O7P.C24H41O7P.2Na.H2O/c1-15(5-8-22(27)31-4)18-6-7-19-23-20(10-12-25(18,19)3)24(2)11-9-17(26)13-16(24)14-21(23)32-33(28,29)30;1-14(4-7-21(26)27)17-5-6-18-22-19(9-11-24(17,18)3)23(2)10-8-16(25)12-15(23)13-20(22)31-32(28,29)30;;;/h15-21,23,26H,5-14H2,1-4H3,(H2,28,29,30);14-20,22,25H,4-13H2,1-3H3,(H,26,27)(H2,28,29,30);;;1H2/q;;2*+1;/p-2/t15-,16+,17-,18-,19+,20+,21-,23+,24+,25-;14-,15+,16-,17-,18+,19+,20-,22+,23+,24-;;;/m11.../s1. The van der Waals surface area contributed by atoms with Gasteiger partial charge in [0.2, 0.25) is 0 Å². The average Bonchev–Trinajstić information content (AvgIpc) is 3.76. The maximum Gasteiger partial charge on any atom is 1.00 e. The summed E-state index contributed by atoms with van der Waals surface area (Å²) in [5, 5.41) is 29.8. The van der Waals surface area contributed by atoms with Crippen LogP contribution in [-0.2, 0) is 32.5 Å². The molecule has 0 bridgehead atoms. The number of ether oxygens (including phenoxy) is 1. The van der Waals surface area contributed by atoms with E-state index in [0.717, 1.165) is 83.5 Å². The quantitative estimate of drug-likeness (QED) is 0.0932. The van der Waals surface area contributed by atoms with E-state index in [0.29, 0.717) is 85.9 Å². The van der Waals surface area contributed by atoms with Gasteiger partial charge in [0.25, 0.3) is 7.82 Å². The van der Waals surface area contributed by atoms with Crippen molar-refractivity contribution in [2.24, 2.45) is 92.7 Å². The third kappa shape index (κ3) is 12.5. The summed E-state index contributed by atoms with van der Waals surface area (Å²) in [6, 6.07) is 0. The van der Waals surface area contributed by atoms with E-state index >= 15 is 0 Å². The molecule has 0 aromatic rings. The fourth-order valence-electron chi connectivity index (χ4n) is 18.1. The Labute approximate surface area is 450 Å². The molecule has 8 aliphatic rings. The Morgan fingerprint density at radius 2 is 1.00 bits per heavy atom. The largest absolute Gasteiger partial charge is 1.00 e. The van der Waals surface area contributed by atoms with Gasteiger partial charge in [0.1, 0.15) is 0 Å². The number of carbonyl (C=O) groups excluding carboxylic acids is 1. The summed E-state index contributed by atoms with van der Waals surface area (Å²) in [5.74, 6) is 2.66. The fraction of sp³-hybridized carbons (Fsp3) is 0.959. The summed E-state index contributed by atoms with van der Waals surface area (Å²) >= 11 is 0. The zero-order chi connectivity index (χ0) is 47.7. The van der Waals surface area contributed by atoms with Crippen molar-refractivity contribution in [2.45, 2.75) is 194 Å². The smallest absolute Gasteiger partial charge is 0.870 e. The van der Waals surface area contributed by atoms with Crippen molar-refractivity contribution in [1.29, 1.82) is 0 Å². The third-order valence-corrected chi connectivity index (χ3v) is 22.3. The van der Waals surface area contributed by atoms with E-state index in [4.69, 9.17) is 18.9 Å². The van der Waals surface area contributed by atoms with Crippen LogP contribution in [0, 0.1) is 92.7 Å². The van der Waals surface area contributed by atoms with Gasteiger partial charge in [-0.3, -0.25) is 18.7 Å². The number of carboxylic acid groups (broad SMARTS) is 1. The Hall–Kier alpha value is 1.04. The third-order valence-electron chi connectivity index (χ3n) is 21.2. The number of phosphoric ester groups is 2. The van der Waals surface area contributed by atoms with Crippen molar-refractivity contribution in [3.63, 3.8) is 0 Å². The van der Waals surface area contributed by atoms with Gasteiger partial charge in [0, 0.05) is 12.8 Å². The summed E-state index contributed by atoms with van der Waals surface area (Å²) < 4.78 is 39.6. The molecule has 0 aliphatic heterocycles. The van der Waals surface area contributed by atoms with Gasteiger partial charge in [-0.2, -0.15) is 0 Å². The van der Waals surface area contributed by atoms with Gasteiger partial charge in [-0.1, -0.05) is 41.5 Å². The molecule has 0 spiro atoms. The SMILES string of the molecule is COC(=O)CC[C@@H](C)[C@H]1CC[C@H]2[C@@H]3[C@H](OP(=O)(O)O)C[C@@H]4C[C@H](O)CC[C@]4(C)[C@H]3CC[C@]12C.C[C@H](CCC(=O)O)[C@H]1CC[C@H]2[C@@H]3[C@H](OP(=O)([O-])O)C[C@@H]4C[C@H](O)CC[C@]4(C)[C@H]3CC[C@]12C.[Na+].[Na+].[OH-]. The van der Waals surface area contributed by atoms with E-state index in [2.05, 4.69) is 41.5 Å². The molecule has 0 aromatic heterocycles. The second-order valence-corrected chi connectivity index (χ2v) is 26.4. The minimum Gasteiger partial charge on any atom is -0.870 e. The molecule has 68 heavy (non-hydrogen) atoms. The number of carbonyl (C=O) groups is 2. The number of methoxy groups -OCH3 is 1.